The van der Waals surface area contributed by atoms with Crippen molar-refractivity contribution < 1.29 is 4.74 Å². The predicted molar refractivity (Wildman–Crippen MR) is 88.2 cm³/mol. The molecule has 1 N–H and O–H groups in total. The van der Waals surface area contributed by atoms with Gasteiger partial charge in [-0.2, -0.15) is 0 Å². The molecule has 2 heterocycles. The fourth-order valence-corrected chi connectivity index (χ4v) is 3.99. The van der Waals surface area contributed by atoms with E-state index in [1.165, 1.54) is 37.8 Å². The van der Waals surface area contributed by atoms with Crippen molar-refractivity contribution in [3.05, 3.63) is 24.3 Å². The molecule has 1 aromatic rings. The summed E-state index contributed by atoms with van der Waals surface area (Å²) in [5, 5.41) is 3.72. The van der Waals surface area contributed by atoms with Gasteiger partial charge in [-0.1, -0.05) is 6.92 Å². The van der Waals surface area contributed by atoms with Crippen LogP contribution in [0.25, 0.3) is 0 Å². The lowest BCUT2D eigenvalue weighted by Crippen LogP contribution is -2.49. The number of ether oxygens (including phenoxy) is 1. The third kappa shape index (κ3) is 3.18. The second-order valence-electron chi connectivity index (χ2n) is 6.34. The lowest BCUT2D eigenvalue weighted by atomic mass is 9.96. The molecule has 2 aliphatic rings. The molecule has 2 aliphatic heterocycles. The van der Waals surface area contributed by atoms with Gasteiger partial charge in [0.25, 0.3) is 0 Å². The van der Waals surface area contributed by atoms with Gasteiger partial charge in [0.1, 0.15) is 5.75 Å². The quantitative estimate of drug-likeness (QED) is 0.866. The standard InChI is InChI=1S/C18H28N2O/c1-3-11-19-14-12-16-5-6-17(13-14)20(16)15-7-9-18(10-8-15)21-4-2/h7-10,14,16-17,19H,3-6,11-13H2,1-2H3. The van der Waals surface area contributed by atoms with Gasteiger partial charge in [0.15, 0.2) is 0 Å². The van der Waals surface area contributed by atoms with Gasteiger partial charge in [0.05, 0.1) is 6.61 Å². The Morgan fingerprint density at radius 1 is 1.10 bits per heavy atom. The summed E-state index contributed by atoms with van der Waals surface area (Å²) in [5.74, 6) is 0.980. The van der Waals surface area contributed by atoms with Crippen LogP contribution in [0.2, 0.25) is 0 Å². The normalized spacial score (nSPS) is 27.9. The summed E-state index contributed by atoms with van der Waals surface area (Å²) in [7, 11) is 0. The van der Waals surface area contributed by atoms with Gasteiger partial charge in [-0.05, 0) is 69.8 Å². The molecule has 0 aromatic heterocycles. The van der Waals surface area contributed by atoms with E-state index in [1.54, 1.807) is 0 Å². The van der Waals surface area contributed by atoms with Crippen LogP contribution in [0, 0.1) is 0 Å². The molecule has 3 rings (SSSR count). The molecule has 1 aromatic carbocycles. The molecule has 21 heavy (non-hydrogen) atoms. The summed E-state index contributed by atoms with van der Waals surface area (Å²) in [6.45, 7) is 6.17. The van der Waals surface area contributed by atoms with Crippen LogP contribution >= 0.6 is 0 Å². The summed E-state index contributed by atoms with van der Waals surface area (Å²) in [6, 6.07) is 10.8. The maximum absolute atomic E-state index is 5.55. The molecule has 2 bridgehead atoms. The highest BCUT2D eigenvalue weighted by atomic mass is 16.5. The molecule has 3 heteroatoms. The van der Waals surface area contributed by atoms with E-state index in [9.17, 15) is 0 Å². The number of benzene rings is 1. The highest BCUT2D eigenvalue weighted by molar-refractivity contribution is 5.52. The summed E-state index contributed by atoms with van der Waals surface area (Å²) in [5.41, 5.74) is 1.37. The molecule has 3 nitrogen and oxygen atoms in total. The highest BCUT2D eigenvalue weighted by Crippen LogP contribution is 2.39. The molecule has 2 fully saturated rings. The van der Waals surface area contributed by atoms with Gasteiger partial charge >= 0.3 is 0 Å². The Morgan fingerprint density at radius 3 is 2.33 bits per heavy atom. The fraction of sp³-hybridized carbons (Fsp3) is 0.667. The lowest BCUT2D eigenvalue weighted by molar-refractivity contribution is 0.339. The Hall–Kier alpha value is -1.22. The largest absolute Gasteiger partial charge is 0.494 e. The number of nitrogens with zero attached hydrogens (tertiary/aromatic N) is 1. The van der Waals surface area contributed by atoms with Crippen molar-refractivity contribution >= 4 is 5.69 Å². The van der Waals surface area contributed by atoms with Crippen LogP contribution in [0.15, 0.2) is 24.3 Å². The van der Waals surface area contributed by atoms with Crippen LogP contribution < -0.4 is 15.0 Å². The van der Waals surface area contributed by atoms with Crippen molar-refractivity contribution in [2.24, 2.45) is 0 Å². The number of nitrogens with one attached hydrogen (secondary N) is 1. The van der Waals surface area contributed by atoms with Crippen LogP contribution in [-0.4, -0.2) is 31.3 Å². The van der Waals surface area contributed by atoms with Gasteiger partial charge in [-0.25, -0.2) is 0 Å². The molecule has 116 valence electrons. The summed E-state index contributed by atoms with van der Waals surface area (Å²) < 4.78 is 5.55. The Bertz CT molecular complexity index is 431. The smallest absolute Gasteiger partial charge is 0.119 e. The van der Waals surface area contributed by atoms with Gasteiger partial charge in [-0.15, -0.1) is 0 Å². The number of anilines is 1. The van der Waals surface area contributed by atoms with Crippen molar-refractivity contribution in [2.75, 3.05) is 18.1 Å². The third-order valence-corrected chi connectivity index (χ3v) is 4.86. The van der Waals surface area contributed by atoms with Crippen LogP contribution in [0.5, 0.6) is 5.75 Å². The Balaban J connectivity index is 1.67. The van der Waals surface area contributed by atoms with Crippen molar-refractivity contribution in [1.82, 2.24) is 5.32 Å². The zero-order valence-electron chi connectivity index (χ0n) is 13.3. The molecule has 0 radical (unpaired) electrons. The average molecular weight is 288 g/mol. The summed E-state index contributed by atoms with van der Waals surface area (Å²) >= 11 is 0. The molecule has 0 aliphatic carbocycles. The van der Waals surface area contributed by atoms with Crippen molar-refractivity contribution in [1.29, 1.82) is 0 Å². The van der Waals surface area contributed by atoms with Crippen LogP contribution in [0.1, 0.15) is 46.0 Å². The maximum atomic E-state index is 5.55. The number of piperidine rings is 1. The van der Waals surface area contributed by atoms with E-state index in [4.69, 9.17) is 4.74 Å². The second kappa shape index (κ2) is 6.69. The Labute approximate surface area is 128 Å². The van der Waals surface area contributed by atoms with E-state index < -0.39 is 0 Å². The Kier molecular flexibility index (Phi) is 4.69. The van der Waals surface area contributed by atoms with Crippen molar-refractivity contribution in [3.63, 3.8) is 0 Å². The number of rotatable bonds is 6. The van der Waals surface area contributed by atoms with Crippen LogP contribution in [0.3, 0.4) is 0 Å². The van der Waals surface area contributed by atoms with E-state index in [1.807, 2.05) is 6.92 Å². The zero-order chi connectivity index (χ0) is 14.7. The maximum Gasteiger partial charge on any atom is 0.119 e. The van der Waals surface area contributed by atoms with Crippen LogP contribution in [-0.2, 0) is 0 Å². The first-order valence-electron chi connectivity index (χ1n) is 8.56. The minimum atomic E-state index is 0.719. The molecule has 2 atom stereocenters. The molecular weight excluding hydrogens is 260 g/mol. The first-order valence-corrected chi connectivity index (χ1v) is 8.56. The summed E-state index contributed by atoms with van der Waals surface area (Å²) in [4.78, 5) is 2.67. The molecule has 2 saturated heterocycles. The SMILES string of the molecule is CCCNC1CC2CCC(C1)N2c1ccc(OCC)cc1. The number of hydrogen-bond acceptors (Lipinski definition) is 3. The van der Waals surface area contributed by atoms with Crippen molar-refractivity contribution in [3.8, 4) is 5.75 Å². The van der Waals surface area contributed by atoms with Gasteiger partial charge in [0.2, 0.25) is 0 Å². The topological polar surface area (TPSA) is 24.5 Å². The lowest BCUT2D eigenvalue weighted by Gasteiger charge is -2.41. The zero-order valence-corrected chi connectivity index (χ0v) is 13.3. The van der Waals surface area contributed by atoms with E-state index in [-0.39, 0.29) is 0 Å². The Morgan fingerprint density at radius 2 is 1.76 bits per heavy atom. The summed E-state index contributed by atoms with van der Waals surface area (Å²) in [6.07, 6.45) is 6.52. The van der Waals surface area contributed by atoms with Gasteiger partial charge in [-0.3, -0.25) is 0 Å². The fourth-order valence-electron chi connectivity index (χ4n) is 3.99. The molecule has 0 spiro atoms. The third-order valence-electron chi connectivity index (χ3n) is 4.86. The van der Waals surface area contributed by atoms with E-state index >= 15 is 0 Å². The molecule has 0 amide bonds. The van der Waals surface area contributed by atoms with E-state index in [0.29, 0.717) is 0 Å². The predicted octanol–water partition coefficient (Wildman–Crippen LogP) is 3.58. The van der Waals surface area contributed by atoms with Gasteiger partial charge < -0.3 is 15.0 Å². The first-order chi connectivity index (χ1) is 10.3. The molecule has 2 unspecified atom stereocenters. The monoisotopic (exact) mass is 288 g/mol. The second-order valence-corrected chi connectivity index (χ2v) is 6.34. The minimum Gasteiger partial charge on any atom is -0.494 e. The van der Waals surface area contributed by atoms with E-state index in [2.05, 4.69) is 41.4 Å². The van der Waals surface area contributed by atoms with E-state index in [0.717, 1.165) is 37.0 Å². The highest BCUT2D eigenvalue weighted by Gasteiger charge is 2.40. The molecule has 0 saturated carbocycles. The van der Waals surface area contributed by atoms with Crippen LogP contribution in [0.4, 0.5) is 5.69 Å². The number of hydrogen-bond donors (Lipinski definition) is 1. The molecular formula is C18H28N2O. The number of fused-ring (bicyclic) bond motifs is 2. The average Bonchev–Trinajstić information content (AvgIpc) is 2.77. The van der Waals surface area contributed by atoms with Crippen molar-refractivity contribution in [2.45, 2.75) is 64.1 Å². The first kappa shape index (κ1) is 14.7. The minimum absolute atomic E-state index is 0.719. The van der Waals surface area contributed by atoms with Gasteiger partial charge in [0, 0.05) is 23.8 Å².